The number of unbranched alkanes of at least 4 members (excludes halogenated alkanes) is 1. The van der Waals surface area contributed by atoms with Crippen LogP contribution in [0.25, 0.3) is 0 Å². The van der Waals surface area contributed by atoms with E-state index in [0.29, 0.717) is 30.3 Å². The van der Waals surface area contributed by atoms with Gasteiger partial charge in [0.15, 0.2) is 6.61 Å². The average molecular weight is 493 g/mol. The average Bonchev–Trinajstić information content (AvgIpc) is 2.86. The molecule has 0 aromatic heterocycles. The summed E-state index contributed by atoms with van der Waals surface area (Å²) in [6, 6.07) is 24.0. The van der Waals surface area contributed by atoms with Gasteiger partial charge in [0.2, 0.25) is 5.91 Å². The molecule has 1 atom stereocenters. The molecule has 2 amide bonds. The molecule has 1 unspecified atom stereocenters. The molecule has 3 aromatic carbocycles. The van der Waals surface area contributed by atoms with Crippen LogP contribution in [0.15, 0.2) is 78.9 Å². The molecule has 0 saturated heterocycles. The lowest BCUT2D eigenvalue weighted by atomic mass is 10.0. The lowest BCUT2D eigenvalue weighted by molar-refractivity contribution is -0.142. The summed E-state index contributed by atoms with van der Waals surface area (Å²) in [7, 11) is 0. The molecule has 0 fully saturated rings. The van der Waals surface area contributed by atoms with Crippen LogP contribution in [0.3, 0.4) is 0 Å². The highest BCUT2D eigenvalue weighted by atomic mass is 35.5. The Bertz CT molecular complexity index is 1090. The number of hydrogen-bond acceptors (Lipinski definition) is 3. The van der Waals surface area contributed by atoms with Gasteiger partial charge in [0.25, 0.3) is 5.91 Å². The Balaban J connectivity index is 1.87. The Kier molecular flexibility index (Phi) is 10.2. The third-order valence-corrected chi connectivity index (χ3v) is 5.96. The van der Waals surface area contributed by atoms with Gasteiger partial charge in [-0.15, -0.1) is 0 Å². The van der Waals surface area contributed by atoms with Crippen molar-refractivity contribution >= 4 is 23.4 Å². The Morgan fingerprint density at radius 3 is 2.37 bits per heavy atom. The number of aryl methyl sites for hydroxylation is 1. The molecule has 1 N–H and O–H groups in total. The monoisotopic (exact) mass is 492 g/mol. The van der Waals surface area contributed by atoms with E-state index in [1.165, 1.54) is 0 Å². The van der Waals surface area contributed by atoms with Crippen molar-refractivity contribution in [3.8, 4) is 5.75 Å². The molecule has 0 aliphatic rings. The number of nitrogens with one attached hydrogen (secondary N) is 1. The third kappa shape index (κ3) is 8.45. The summed E-state index contributed by atoms with van der Waals surface area (Å²) in [5, 5.41) is 3.62. The van der Waals surface area contributed by atoms with Gasteiger partial charge in [-0.05, 0) is 48.7 Å². The lowest BCUT2D eigenvalue weighted by Gasteiger charge is -2.31. The van der Waals surface area contributed by atoms with Crippen LogP contribution in [0.1, 0.15) is 36.5 Å². The predicted octanol–water partition coefficient (Wildman–Crippen LogP) is 5.58. The van der Waals surface area contributed by atoms with E-state index in [-0.39, 0.29) is 18.4 Å². The largest absolute Gasteiger partial charge is 0.484 e. The molecule has 0 heterocycles. The van der Waals surface area contributed by atoms with Crippen LogP contribution in [0.2, 0.25) is 5.02 Å². The van der Waals surface area contributed by atoms with E-state index in [2.05, 4.69) is 12.2 Å². The number of ether oxygens (including phenoxy) is 1. The fraction of sp³-hybridized carbons (Fsp3) is 0.310. The Labute approximate surface area is 213 Å². The van der Waals surface area contributed by atoms with E-state index in [4.69, 9.17) is 16.3 Å². The van der Waals surface area contributed by atoms with Gasteiger partial charge in [0.05, 0.1) is 0 Å². The van der Waals surface area contributed by atoms with Crippen molar-refractivity contribution < 1.29 is 14.3 Å². The van der Waals surface area contributed by atoms with Gasteiger partial charge in [0, 0.05) is 24.5 Å². The van der Waals surface area contributed by atoms with E-state index in [1.54, 1.807) is 29.2 Å². The zero-order valence-electron chi connectivity index (χ0n) is 20.4. The van der Waals surface area contributed by atoms with Gasteiger partial charge in [-0.1, -0.05) is 85.1 Å². The molecular formula is C29H33ClN2O3. The minimum atomic E-state index is -0.670. The third-order valence-electron chi connectivity index (χ3n) is 5.71. The topological polar surface area (TPSA) is 58.6 Å². The quantitative estimate of drug-likeness (QED) is 0.335. The lowest BCUT2D eigenvalue weighted by Crippen LogP contribution is -2.51. The molecule has 6 heteroatoms. The highest BCUT2D eigenvalue weighted by Crippen LogP contribution is 2.18. The van der Waals surface area contributed by atoms with Crippen LogP contribution in [0, 0.1) is 6.92 Å². The second kappa shape index (κ2) is 13.5. The molecule has 0 saturated carbocycles. The number of nitrogens with zero attached hydrogens (tertiary/aromatic N) is 1. The highest BCUT2D eigenvalue weighted by molar-refractivity contribution is 6.30. The number of rotatable bonds is 12. The number of hydrogen-bond donors (Lipinski definition) is 1. The molecule has 35 heavy (non-hydrogen) atoms. The van der Waals surface area contributed by atoms with Crippen molar-refractivity contribution in [2.45, 2.75) is 45.7 Å². The Morgan fingerprint density at radius 1 is 0.971 bits per heavy atom. The maximum atomic E-state index is 13.5. The summed E-state index contributed by atoms with van der Waals surface area (Å²) < 4.78 is 5.76. The van der Waals surface area contributed by atoms with Crippen molar-refractivity contribution in [2.75, 3.05) is 13.2 Å². The van der Waals surface area contributed by atoms with Crippen molar-refractivity contribution in [2.24, 2.45) is 0 Å². The van der Waals surface area contributed by atoms with Crippen molar-refractivity contribution in [3.05, 3.63) is 101 Å². The van der Waals surface area contributed by atoms with Gasteiger partial charge >= 0.3 is 0 Å². The SMILES string of the molecule is CCCCNC(=O)C(Cc1ccccc1)N(Cc1cccc(C)c1)C(=O)COc1ccc(Cl)cc1. The van der Waals surface area contributed by atoms with Crippen LogP contribution in [-0.4, -0.2) is 35.9 Å². The van der Waals surface area contributed by atoms with Gasteiger partial charge in [-0.25, -0.2) is 0 Å². The predicted molar refractivity (Wildman–Crippen MR) is 141 cm³/mol. The molecule has 3 rings (SSSR count). The Morgan fingerprint density at radius 2 is 1.69 bits per heavy atom. The number of amides is 2. The summed E-state index contributed by atoms with van der Waals surface area (Å²) in [4.78, 5) is 28.5. The van der Waals surface area contributed by atoms with Gasteiger partial charge in [-0.3, -0.25) is 9.59 Å². The first-order valence-corrected chi connectivity index (χ1v) is 12.4. The first kappa shape index (κ1) is 26.3. The fourth-order valence-corrected chi connectivity index (χ4v) is 3.95. The first-order valence-electron chi connectivity index (χ1n) is 12.0. The van der Waals surface area contributed by atoms with Gasteiger partial charge < -0.3 is 15.0 Å². The van der Waals surface area contributed by atoms with E-state index in [0.717, 1.165) is 29.5 Å². The summed E-state index contributed by atoms with van der Waals surface area (Å²) in [6.45, 7) is 4.80. The maximum Gasteiger partial charge on any atom is 0.261 e. The van der Waals surface area contributed by atoms with Crippen LogP contribution >= 0.6 is 11.6 Å². The molecular weight excluding hydrogens is 460 g/mol. The smallest absolute Gasteiger partial charge is 0.261 e. The minimum Gasteiger partial charge on any atom is -0.484 e. The number of carbonyl (C=O) groups excluding carboxylic acids is 2. The molecule has 5 nitrogen and oxygen atoms in total. The molecule has 0 radical (unpaired) electrons. The van der Waals surface area contributed by atoms with Crippen molar-refractivity contribution in [3.63, 3.8) is 0 Å². The van der Waals surface area contributed by atoms with E-state index in [1.807, 2.05) is 61.5 Å². The Hall–Kier alpha value is -3.31. The second-order valence-electron chi connectivity index (χ2n) is 8.60. The zero-order chi connectivity index (χ0) is 25.0. The van der Waals surface area contributed by atoms with Crippen LogP contribution in [-0.2, 0) is 22.6 Å². The molecule has 0 aliphatic heterocycles. The molecule has 0 bridgehead atoms. The number of carbonyl (C=O) groups is 2. The van der Waals surface area contributed by atoms with Gasteiger partial charge in [0.1, 0.15) is 11.8 Å². The van der Waals surface area contributed by atoms with E-state index in [9.17, 15) is 9.59 Å². The summed E-state index contributed by atoms with van der Waals surface area (Å²) in [6.07, 6.45) is 2.27. The molecule has 184 valence electrons. The summed E-state index contributed by atoms with van der Waals surface area (Å²) >= 11 is 5.96. The van der Waals surface area contributed by atoms with Crippen molar-refractivity contribution in [1.29, 1.82) is 0 Å². The normalized spacial score (nSPS) is 11.5. The molecule has 3 aromatic rings. The fourth-order valence-electron chi connectivity index (χ4n) is 3.83. The van der Waals surface area contributed by atoms with Gasteiger partial charge in [-0.2, -0.15) is 0 Å². The highest BCUT2D eigenvalue weighted by Gasteiger charge is 2.30. The van der Waals surface area contributed by atoms with Crippen LogP contribution in [0.4, 0.5) is 0 Å². The summed E-state index contributed by atoms with van der Waals surface area (Å²) in [5.74, 6) is 0.132. The minimum absolute atomic E-state index is 0.158. The molecule has 0 spiro atoms. The molecule has 0 aliphatic carbocycles. The second-order valence-corrected chi connectivity index (χ2v) is 9.04. The number of benzene rings is 3. The standard InChI is InChI=1S/C29H33ClN2O3/c1-3-4-17-31-29(34)27(19-23-10-6-5-7-11-23)32(20-24-12-8-9-22(2)18-24)28(33)21-35-26-15-13-25(30)14-16-26/h5-16,18,27H,3-4,17,19-21H2,1-2H3,(H,31,34). The van der Waals surface area contributed by atoms with Crippen LogP contribution < -0.4 is 10.1 Å². The maximum absolute atomic E-state index is 13.5. The van der Waals surface area contributed by atoms with E-state index < -0.39 is 6.04 Å². The summed E-state index contributed by atoms with van der Waals surface area (Å²) in [5.41, 5.74) is 3.05. The first-order chi connectivity index (χ1) is 17.0. The van der Waals surface area contributed by atoms with Crippen molar-refractivity contribution in [1.82, 2.24) is 10.2 Å². The van der Waals surface area contributed by atoms with E-state index >= 15 is 0 Å². The zero-order valence-corrected chi connectivity index (χ0v) is 21.1. The number of halogens is 1. The van der Waals surface area contributed by atoms with Crippen LogP contribution in [0.5, 0.6) is 5.75 Å².